The summed E-state index contributed by atoms with van der Waals surface area (Å²) < 4.78 is 5.71. The van der Waals surface area contributed by atoms with E-state index >= 15 is 0 Å². The molecule has 0 unspecified atom stereocenters. The molecule has 0 bridgehead atoms. The van der Waals surface area contributed by atoms with Gasteiger partial charge in [0.05, 0.1) is 5.54 Å². The van der Waals surface area contributed by atoms with Crippen LogP contribution in [0.3, 0.4) is 0 Å². The zero-order chi connectivity index (χ0) is 18.0. The van der Waals surface area contributed by atoms with Crippen LogP contribution >= 0.6 is 0 Å². The van der Waals surface area contributed by atoms with Crippen molar-refractivity contribution < 1.29 is 9.84 Å². The van der Waals surface area contributed by atoms with Crippen LogP contribution in [0.1, 0.15) is 37.9 Å². The quantitative estimate of drug-likeness (QED) is 0.770. The number of aromatic hydroxyl groups is 1. The fourth-order valence-corrected chi connectivity index (χ4v) is 2.80. The van der Waals surface area contributed by atoms with Crippen molar-refractivity contribution in [2.75, 3.05) is 11.1 Å². The Balaban J connectivity index is 1.88. The maximum atomic E-state index is 9.97. The SMILES string of the molecule is CCC1(CC)C=Nc2c(COc3ccc(C)cc3O)nc(N)nc2N1. The first-order valence-electron chi connectivity index (χ1n) is 8.38. The van der Waals surface area contributed by atoms with Gasteiger partial charge in [0, 0.05) is 6.21 Å². The van der Waals surface area contributed by atoms with Crippen LogP contribution in [-0.2, 0) is 6.61 Å². The van der Waals surface area contributed by atoms with Gasteiger partial charge in [0.1, 0.15) is 18.0 Å². The lowest BCUT2D eigenvalue weighted by Gasteiger charge is -2.33. The lowest BCUT2D eigenvalue weighted by atomic mass is 9.93. The molecular weight excluding hydrogens is 318 g/mol. The van der Waals surface area contributed by atoms with E-state index in [0.717, 1.165) is 18.4 Å². The topological polar surface area (TPSA) is 106 Å². The number of hydrogen-bond acceptors (Lipinski definition) is 7. The number of nitrogens with zero attached hydrogens (tertiary/aromatic N) is 3. The van der Waals surface area contributed by atoms with E-state index in [9.17, 15) is 5.11 Å². The van der Waals surface area contributed by atoms with Crippen molar-refractivity contribution in [1.29, 1.82) is 0 Å². The highest BCUT2D eigenvalue weighted by molar-refractivity contribution is 5.86. The summed E-state index contributed by atoms with van der Waals surface area (Å²) >= 11 is 0. The van der Waals surface area contributed by atoms with Crippen molar-refractivity contribution in [1.82, 2.24) is 9.97 Å². The molecule has 2 heterocycles. The Morgan fingerprint density at radius 3 is 2.68 bits per heavy atom. The molecule has 4 N–H and O–H groups in total. The lowest BCUT2D eigenvalue weighted by molar-refractivity contribution is 0.285. The molecule has 0 radical (unpaired) electrons. The fourth-order valence-electron chi connectivity index (χ4n) is 2.80. The number of hydrogen-bond donors (Lipinski definition) is 3. The van der Waals surface area contributed by atoms with Crippen molar-refractivity contribution in [2.24, 2.45) is 4.99 Å². The maximum Gasteiger partial charge on any atom is 0.222 e. The number of nitrogens with one attached hydrogen (secondary N) is 1. The van der Waals surface area contributed by atoms with Crippen molar-refractivity contribution in [2.45, 2.75) is 45.8 Å². The van der Waals surface area contributed by atoms with E-state index in [-0.39, 0.29) is 23.8 Å². The average Bonchev–Trinajstić information content (AvgIpc) is 2.60. The van der Waals surface area contributed by atoms with Crippen LogP contribution in [0.5, 0.6) is 11.5 Å². The van der Waals surface area contributed by atoms with Crippen LogP contribution in [0.25, 0.3) is 0 Å². The van der Waals surface area contributed by atoms with Gasteiger partial charge in [-0.3, -0.25) is 4.99 Å². The molecular formula is C18H23N5O2. The minimum atomic E-state index is -0.221. The number of nitrogen functional groups attached to an aromatic ring is 1. The minimum Gasteiger partial charge on any atom is -0.504 e. The lowest BCUT2D eigenvalue weighted by Crippen LogP contribution is -2.41. The molecule has 1 aliphatic heterocycles. The van der Waals surface area contributed by atoms with E-state index in [1.807, 2.05) is 19.2 Å². The molecule has 7 heteroatoms. The zero-order valence-corrected chi connectivity index (χ0v) is 14.7. The summed E-state index contributed by atoms with van der Waals surface area (Å²) in [7, 11) is 0. The van der Waals surface area contributed by atoms with Gasteiger partial charge in [-0.2, -0.15) is 4.98 Å². The van der Waals surface area contributed by atoms with Gasteiger partial charge in [-0.15, -0.1) is 0 Å². The Labute approximate surface area is 147 Å². The first-order chi connectivity index (χ1) is 12.0. The number of nitrogens with two attached hydrogens (primary N) is 1. The summed E-state index contributed by atoms with van der Waals surface area (Å²) in [6, 6.07) is 5.24. The monoisotopic (exact) mass is 341 g/mol. The summed E-state index contributed by atoms with van der Waals surface area (Å²) in [6.45, 7) is 6.24. The van der Waals surface area contributed by atoms with Crippen molar-refractivity contribution in [3.63, 3.8) is 0 Å². The normalized spacial score (nSPS) is 14.7. The highest BCUT2D eigenvalue weighted by Crippen LogP contribution is 2.36. The zero-order valence-electron chi connectivity index (χ0n) is 14.7. The van der Waals surface area contributed by atoms with Gasteiger partial charge >= 0.3 is 0 Å². The number of ether oxygens (including phenoxy) is 1. The molecule has 132 valence electrons. The molecule has 3 rings (SSSR count). The Bertz CT molecular complexity index is 815. The average molecular weight is 341 g/mol. The third kappa shape index (κ3) is 3.35. The number of phenols is 1. The van der Waals surface area contributed by atoms with Gasteiger partial charge in [0.15, 0.2) is 17.3 Å². The number of phenolic OH excluding ortho intramolecular Hbond substituents is 1. The summed E-state index contributed by atoms with van der Waals surface area (Å²) in [5, 5.41) is 13.4. The number of aliphatic imine (C=N–C) groups is 1. The van der Waals surface area contributed by atoms with E-state index in [2.05, 4.69) is 34.1 Å². The van der Waals surface area contributed by atoms with Crippen LogP contribution in [0.15, 0.2) is 23.2 Å². The highest BCUT2D eigenvalue weighted by atomic mass is 16.5. The second kappa shape index (κ2) is 6.58. The van der Waals surface area contributed by atoms with E-state index < -0.39 is 0 Å². The molecule has 0 saturated carbocycles. The summed E-state index contributed by atoms with van der Waals surface area (Å²) in [6.07, 6.45) is 3.68. The number of aromatic nitrogens is 2. The van der Waals surface area contributed by atoms with Gasteiger partial charge in [0.25, 0.3) is 0 Å². The standard InChI is InChI=1S/C18H23N5O2/c1-4-18(5-2)10-20-15-12(21-17(19)22-16(15)23-18)9-25-14-7-6-11(3)8-13(14)24/h6-8,10,24H,4-5,9H2,1-3H3,(H3,19,21,22,23). The molecule has 0 amide bonds. The number of anilines is 2. The third-order valence-electron chi connectivity index (χ3n) is 4.52. The molecule has 7 nitrogen and oxygen atoms in total. The first kappa shape index (κ1) is 17.0. The molecule has 0 fully saturated rings. The van der Waals surface area contributed by atoms with Crippen LogP contribution in [0.2, 0.25) is 0 Å². The summed E-state index contributed by atoms with van der Waals surface area (Å²) in [5.41, 5.74) is 7.79. The summed E-state index contributed by atoms with van der Waals surface area (Å²) in [4.78, 5) is 13.1. The van der Waals surface area contributed by atoms with E-state index in [4.69, 9.17) is 10.5 Å². The van der Waals surface area contributed by atoms with E-state index in [1.165, 1.54) is 0 Å². The fraction of sp³-hybridized carbons (Fsp3) is 0.389. The Hall–Kier alpha value is -2.83. The Morgan fingerprint density at radius 2 is 2.00 bits per heavy atom. The van der Waals surface area contributed by atoms with Crippen LogP contribution < -0.4 is 15.8 Å². The molecule has 2 aromatic rings. The Morgan fingerprint density at radius 1 is 1.24 bits per heavy atom. The van der Waals surface area contributed by atoms with Gasteiger partial charge < -0.3 is 20.9 Å². The maximum absolute atomic E-state index is 9.97. The molecule has 1 aromatic carbocycles. The molecule has 1 aliphatic rings. The first-order valence-corrected chi connectivity index (χ1v) is 8.38. The molecule has 25 heavy (non-hydrogen) atoms. The molecule has 0 spiro atoms. The highest BCUT2D eigenvalue weighted by Gasteiger charge is 2.30. The van der Waals surface area contributed by atoms with Gasteiger partial charge in [-0.25, -0.2) is 4.98 Å². The van der Waals surface area contributed by atoms with Crippen molar-refractivity contribution in [3.05, 3.63) is 29.5 Å². The molecule has 0 saturated heterocycles. The number of aryl methyl sites for hydroxylation is 1. The molecule has 1 aromatic heterocycles. The van der Waals surface area contributed by atoms with Crippen LogP contribution in [0.4, 0.5) is 17.5 Å². The van der Waals surface area contributed by atoms with E-state index in [0.29, 0.717) is 22.9 Å². The minimum absolute atomic E-state index is 0.0912. The Kier molecular flexibility index (Phi) is 4.48. The molecule has 0 atom stereocenters. The van der Waals surface area contributed by atoms with Crippen molar-refractivity contribution >= 4 is 23.7 Å². The van der Waals surface area contributed by atoms with E-state index in [1.54, 1.807) is 12.1 Å². The molecule has 0 aliphatic carbocycles. The number of rotatable bonds is 5. The van der Waals surface area contributed by atoms with Gasteiger partial charge in [0.2, 0.25) is 5.95 Å². The second-order valence-electron chi connectivity index (χ2n) is 6.23. The summed E-state index contributed by atoms with van der Waals surface area (Å²) in [5.74, 6) is 1.26. The second-order valence-corrected chi connectivity index (χ2v) is 6.23. The number of fused-ring (bicyclic) bond motifs is 1. The smallest absolute Gasteiger partial charge is 0.222 e. The van der Waals surface area contributed by atoms with Crippen molar-refractivity contribution in [3.8, 4) is 11.5 Å². The van der Waals surface area contributed by atoms with Gasteiger partial charge in [-0.05, 0) is 37.5 Å². The van der Waals surface area contributed by atoms with Crippen LogP contribution in [0, 0.1) is 6.92 Å². The largest absolute Gasteiger partial charge is 0.504 e. The third-order valence-corrected chi connectivity index (χ3v) is 4.52. The van der Waals surface area contributed by atoms with Crippen LogP contribution in [-0.4, -0.2) is 26.8 Å². The predicted molar refractivity (Wildman–Crippen MR) is 98.7 cm³/mol. The van der Waals surface area contributed by atoms with Gasteiger partial charge in [-0.1, -0.05) is 19.9 Å². The number of benzene rings is 1. The predicted octanol–water partition coefficient (Wildman–Crippen LogP) is 3.34.